The van der Waals surface area contributed by atoms with Gasteiger partial charge in [-0.15, -0.1) is 6.58 Å². The Morgan fingerprint density at radius 1 is 1.35 bits per heavy atom. The van der Waals surface area contributed by atoms with Gasteiger partial charge in [0.15, 0.2) is 0 Å². The van der Waals surface area contributed by atoms with Crippen LogP contribution in [-0.4, -0.2) is 47.9 Å². The van der Waals surface area contributed by atoms with Crippen molar-refractivity contribution in [3.05, 3.63) is 35.9 Å². The number of ether oxygens (including phenoxy) is 1. The van der Waals surface area contributed by atoms with Crippen LogP contribution in [0.5, 0.6) is 11.5 Å². The van der Waals surface area contributed by atoms with Gasteiger partial charge in [0.05, 0.1) is 13.7 Å². The Morgan fingerprint density at radius 2 is 2.04 bits per heavy atom. The fraction of sp³-hybridized carbons (Fsp3) is 0.474. The van der Waals surface area contributed by atoms with Crippen molar-refractivity contribution in [1.29, 1.82) is 0 Å². The van der Waals surface area contributed by atoms with Gasteiger partial charge < -0.3 is 14.9 Å². The normalized spacial score (nSPS) is 11.7. The summed E-state index contributed by atoms with van der Waals surface area (Å²) in [5.41, 5.74) is 0.448. The van der Waals surface area contributed by atoms with E-state index < -0.39 is 5.97 Å². The van der Waals surface area contributed by atoms with E-state index in [0.717, 1.165) is 11.1 Å². The molecule has 0 spiro atoms. The third kappa shape index (κ3) is 6.07. The number of carbonyl (C=O) groups excluding carboxylic acids is 2. The third-order valence-electron chi connectivity index (χ3n) is 4.04. The minimum absolute atomic E-state index is 0.0146. The molecule has 1 rings (SSSR count). The molecular formula is C19H27NO6. The third-order valence-corrected chi connectivity index (χ3v) is 4.04. The fourth-order valence-electron chi connectivity index (χ4n) is 2.69. The average molecular weight is 365 g/mol. The molecule has 7 nitrogen and oxygen atoms in total. The lowest BCUT2D eigenvalue weighted by atomic mass is 9.89. The van der Waals surface area contributed by atoms with Crippen molar-refractivity contribution in [2.45, 2.75) is 32.6 Å². The van der Waals surface area contributed by atoms with Gasteiger partial charge in [0, 0.05) is 19.5 Å². The second-order valence-electron chi connectivity index (χ2n) is 5.93. The number of rotatable bonds is 10. The summed E-state index contributed by atoms with van der Waals surface area (Å²) in [6.45, 7) is 5.52. The molecule has 1 aromatic carbocycles. The van der Waals surface area contributed by atoms with Crippen molar-refractivity contribution >= 4 is 11.9 Å². The second-order valence-corrected chi connectivity index (χ2v) is 5.93. The zero-order valence-electron chi connectivity index (χ0n) is 15.5. The number of aromatic hydroxyl groups is 2. The molecule has 26 heavy (non-hydrogen) atoms. The van der Waals surface area contributed by atoms with Crippen molar-refractivity contribution in [2.75, 3.05) is 20.8 Å². The molecule has 7 heteroatoms. The molecule has 1 atom stereocenters. The average Bonchev–Trinajstić information content (AvgIpc) is 2.58. The fourth-order valence-corrected chi connectivity index (χ4v) is 2.69. The van der Waals surface area contributed by atoms with E-state index in [0.29, 0.717) is 24.8 Å². The predicted octanol–water partition coefficient (Wildman–Crippen LogP) is 2.81. The highest BCUT2D eigenvalue weighted by Crippen LogP contribution is 2.31. The molecule has 0 radical (unpaired) electrons. The SMILES string of the molecule is C=CCCC(CC(=O)N(C)OC)Cc1cc(O)cc(O)c1C(=O)OCC. The van der Waals surface area contributed by atoms with E-state index in [1.54, 1.807) is 13.0 Å². The van der Waals surface area contributed by atoms with Gasteiger partial charge in [-0.05, 0) is 43.7 Å². The van der Waals surface area contributed by atoms with Gasteiger partial charge in [-0.25, -0.2) is 9.86 Å². The summed E-state index contributed by atoms with van der Waals surface area (Å²) in [6.07, 6.45) is 3.60. The van der Waals surface area contributed by atoms with Crippen molar-refractivity contribution in [3.8, 4) is 11.5 Å². The number of hydrogen-bond acceptors (Lipinski definition) is 6. The van der Waals surface area contributed by atoms with Gasteiger partial charge in [-0.1, -0.05) is 6.08 Å². The summed E-state index contributed by atoms with van der Waals surface area (Å²) >= 11 is 0. The first-order valence-electron chi connectivity index (χ1n) is 8.47. The van der Waals surface area contributed by atoms with Gasteiger partial charge in [0.2, 0.25) is 5.91 Å². The number of nitrogens with zero attached hydrogens (tertiary/aromatic N) is 1. The van der Waals surface area contributed by atoms with Crippen LogP contribution < -0.4 is 0 Å². The van der Waals surface area contributed by atoms with E-state index in [9.17, 15) is 19.8 Å². The highest BCUT2D eigenvalue weighted by molar-refractivity contribution is 5.94. The Balaban J connectivity index is 3.13. The number of esters is 1. The van der Waals surface area contributed by atoms with Crippen molar-refractivity contribution in [3.63, 3.8) is 0 Å². The minimum Gasteiger partial charge on any atom is -0.508 e. The van der Waals surface area contributed by atoms with Crippen LogP contribution in [0.2, 0.25) is 0 Å². The molecule has 144 valence electrons. The number of hydroxylamine groups is 2. The lowest BCUT2D eigenvalue weighted by molar-refractivity contribution is -0.169. The van der Waals surface area contributed by atoms with E-state index in [2.05, 4.69) is 6.58 Å². The van der Waals surface area contributed by atoms with Crippen LogP contribution in [0.4, 0.5) is 0 Å². The Kier molecular flexibility index (Phi) is 8.64. The molecular weight excluding hydrogens is 338 g/mol. The van der Waals surface area contributed by atoms with Crippen LogP contribution >= 0.6 is 0 Å². The van der Waals surface area contributed by atoms with E-state index in [1.165, 1.54) is 20.2 Å². The molecule has 0 aliphatic carbocycles. The van der Waals surface area contributed by atoms with Crippen LogP contribution in [-0.2, 0) is 20.8 Å². The molecule has 1 amide bonds. The molecule has 0 heterocycles. The zero-order valence-corrected chi connectivity index (χ0v) is 15.5. The number of phenols is 2. The lowest BCUT2D eigenvalue weighted by Gasteiger charge is -2.21. The summed E-state index contributed by atoms with van der Waals surface area (Å²) in [6, 6.07) is 2.51. The largest absolute Gasteiger partial charge is 0.508 e. The topological polar surface area (TPSA) is 96.3 Å². The summed E-state index contributed by atoms with van der Waals surface area (Å²) in [7, 11) is 2.93. The Hall–Kier alpha value is -2.54. The van der Waals surface area contributed by atoms with Crippen LogP contribution in [0.1, 0.15) is 42.1 Å². The highest BCUT2D eigenvalue weighted by Gasteiger charge is 2.23. The standard InChI is InChI=1S/C19H27NO6/c1-5-7-8-13(10-17(23)20(3)25-4)9-14-11-15(21)12-16(22)18(14)19(24)26-6-2/h5,11-13,21-22H,1,6-10H2,2-4H3. The van der Waals surface area contributed by atoms with E-state index >= 15 is 0 Å². The molecule has 0 saturated carbocycles. The number of carbonyl (C=O) groups is 2. The van der Waals surface area contributed by atoms with Gasteiger partial charge in [0.25, 0.3) is 0 Å². The quantitative estimate of drug-likeness (QED) is 0.376. The maximum Gasteiger partial charge on any atom is 0.342 e. The van der Waals surface area contributed by atoms with Crippen LogP contribution in [0, 0.1) is 5.92 Å². The predicted molar refractivity (Wildman–Crippen MR) is 96.7 cm³/mol. The van der Waals surface area contributed by atoms with Crippen LogP contribution in [0.3, 0.4) is 0 Å². The number of allylic oxidation sites excluding steroid dienone is 1. The van der Waals surface area contributed by atoms with Gasteiger partial charge in [-0.3, -0.25) is 9.63 Å². The van der Waals surface area contributed by atoms with Crippen LogP contribution in [0.15, 0.2) is 24.8 Å². The Bertz CT molecular complexity index is 643. The van der Waals surface area contributed by atoms with E-state index in [-0.39, 0.29) is 41.9 Å². The van der Waals surface area contributed by atoms with E-state index in [4.69, 9.17) is 9.57 Å². The van der Waals surface area contributed by atoms with Gasteiger partial charge in [0.1, 0.15) is 17.1 Å². The zero-order chi connectivity index (χ0) is 19.7. The summed E-state index contributed by atoms with van der Waals surface area (Å²) in [4.78, 5) is 29.3. The van der Waals surface area contributed by atoms with Crippen molar-refractivity contribution in [2.24, 2.45) is 5.92 Å². The molecule has 1 unspecified atom stereocenters. The second kappa shape index (κ2) is 10.5. The Labute approximate surface area is 153 Å². The molecule has 0 aliphatic heterocycles. The Morgan fingerprint density at radius 3 is 2.62 bits per heavy atom. The minimum atomic E-state index is -0.664. The number of benzene rings is 1. The van der Waals surface area contributed by atoms with Gasteiger partial charge >= 0.3 is 5.97 Å². The molecule has 0 saturated heterocycles. The smallest absolute Gasteiger partial charge is 0.342 e. The van der Waals surface area contributed by atoms with Crippen molar-refractivity contribution < 1.29 is 29.4 Å². The molecule has 0 bridgehead atoms. The molecule has 0 fully saturated rings. The summed E-state index contributed by atoms with van der Waals surface area (Å²) in [5.74, 6) is -1.51. The van der Waals surface area contributed by atoms with Gasteiger partial charge in [-0.2, -0.15) is 0 Å². The monoisotopic (exact) mass is 365 g/mol. The van der Waals surface area contributed by atoms with E-state index in [1.807, 2.05) is 0 Å². The first kappa shape index (κ1) is 21.5. The first-order valence-corrected chi connectivity index (χ1v) is 8.47. The number of phenolic OH excluding ortho intramolecular Hbond substituents is 2. The summed E-state index contributed by atoms with van der Waals surface area (Å²) < 4.78 is 5.00. The molecule has 0 aliphatic rings. The first-order chi connectivity index (χ1) is 12.3. The van der Waals surface area contributed by atoms with Crippen LogP contribution in [0.25, 0.3) is 0 Å². The molecule has 1 aromatic rings. The maximum absolute atomic E-state index is 12.2. The molecule has 0 aromatic heterocycles. The molecule has 2 N–H and O–H groups in total. The lowest BCUT2D eigenvalue weighted by Crippen LogP contribution is -2.28. The highest BCUT2D eigenvalue weighted by atomic mass is 16.7. The summed E-state index contributed by atoms with van der Waals surface area (Å²) in [5, 5.41) is 21.0. The van der Waals surface area contributed by atoms with Crippen molar-refractivity contribution in [1.82, 2.24) is 5.06 Å². The number of hydrogen-bond donors (Lipinski definition) is 2. The maximum atomic E-state index is 12.2. The number of amides is 1.